The highest BCUT2D eigenvalue weighted by Gasteiger charge is 1.64. The van der Waals surface area contributed by atoms with Gasteiger partial charge in [-0.3, -0.25) is 0 Å². The molecule has 0 rings (SSSR count). The molecule has 0 unspecified atom stereocenters. The third-order valence-electron chi connectivity index (χ3n) is 0.691. The summed E-state index contributed by atoms with van der Waals surface area (Å²) in [5.41, 5.74) is 0. The van der Waals surface area contributed by atoms with E-state index < -0.39 is 0 Å². The van der Waals surface area contributed by atoms with E-state index in [2.05, 4.69) is 32.6 Å². The molecule has 0 N–H and O–H groups in total. The molecule has 0 saturated carbocycles. The van der Waals surface area contributed by atoms with Gasteiger partial charge >= 0.3 is 0 Å². The van der Waals surface area contributed by atoms with Crippen molar-refractivity contribution >= 4 is 0 Å². The van der Waals surface area contributed by atoms with Crippen LogP contribution in [0.3, 0.4) is 0 Å². The molecule has 9 heavy (non-hydrogen) atoms. The van der Waals surface area contributed by atoms with E-state index in [1.54, 1.807) is 6.08 Å². The second-order valence-corrected chi connectivity index (χ2v) is 1.77. The fourth-order valence-corrected chi connectivity index (χ4v) is 0.333. The summed E-state index contributed by atoms with van der Waals surface area (Å²) in [6, 6.07) is 0. The Balaban J connectivity index is 0. The van der Waals surface area contributed by atoms with Gasteiger partial charge in [-0.05, 0) is 20.3 Å². The molecular weight excluding hydrogens is 108 g/mol. The van der Waals surface area contributed by atoms with Crippen LogP contribution in [0.5, 0.6) is 0 Å². The zero-order valence-corrected chi connectivity index (χ0v) is 6.85. The van der Waals surface area contributed by atoms with Crippen molar-refractivity contribution in [3.8, 4) is 0 Å². The molecule has 0 aliphatic rings. The Hall–Kier alpha value is -0.520. The van der Waals surface area contributed by atoms with Crippen molar-refractivity contribution in [3.63, 3.8) is 0 Å². The van der Waals surface area contributed by atoms with Crippen molar-refractivity contribution in [3.05, 3.63) is 24.8 Å². The molecule has 0 aliphatic heterocycles. The monoisotopic (exact) mass is 126 g/mol. The predicted molar refractivity (Wildman–Crippen MR) is 45.6 cm³/mol. The Labute approximate surface area is 59.3 Å². The minimum atomic E-state index is 1.23. The lowest BCUT2D eigenvalue weighted by atomic mass is 10.3. The molecule has 0 heterocycles. The summed E-state index contributed by atoms with van der Waals surface area (Å²) in [6.45, 7) is 9.48. The Kier molecular flexibility index (Phi) is 19.6. The fraction of sp³-hybridized carbons (Fsp3) is 0.556. The van der Waals surface area contributed by atoms with Crippen LogP contribution in [0.4, 0.5) is 0 Å². The van der Waals surface area contributed by atoms with Gasteiger partial charge in [-0.2, -0.15) is 0 Å². The van der Waals surface area contributed by atoms with Crippen LogP contribution in [-0.2, 0) is 0 Å². The van der Waals surface area contributed by atoms with Gasteiger partial charge in [0.25, 0.3) is 0 Å². The smallest absolute Gasteiger partial charge is 0.0353 e. The molecule has 0 atom stereocenters. The molecule has 0 aromatic rings. The van der Waals surface area contributed by atoms with Gasteiger partial charge in [0.2, 0.25) is 0 Å². The number of rotatable bonds is 2. The summed E-state index contributed by atoms with van der Waals surface area (Å²) < 4.78 is 0. The number of unbranched alkanes of at least 4 members (excludes halogenated alkanes) is 1. The van der Waals surface area contributed by atoms with Crippen molar-refractivity contribution in [1.82, 2.24) is 0 Å². The molecule has 0 aliphatic carbocycles. The maximum absolute atomic E-state index is 3.36. The van der Waals surface area contributed by atoms with Gasteiger partial charge in [-0.15, -0.1) is 6.58 Å². The number of hydrogen-bond donors (Lipinski definition) is 0. The van der Waals surface area contributed by atoms with Crippen molar-refractivity contribution in [1.29, 1.82) is 0 Å². The summed E-state index contributed by atoms with van der Waals surface area (Å²) in [4.78, 5) is 0. The van der Waals surface area contributed by atoms with Gasteiger partial charge in [0.05, 0.1) is 0 Å². The highest BCUT2D eigenvalue weighted by Crippen LogP contribution is 1.85. The van der Waals surface area contributed by atoms with Gasteiger partial charge in [-0.1, -0.05) is 31.6 Å². The fourth-order valence-electron chi connectivity index (χ4n) is 0.333. The van der Waals surface area contributed by atoms with Crippen molar-refractivity contribution < 1.29 is 0 Å². The maximum Gasteiger partial charge on any atom is -0.0353 e. The van der Waals surface area contributed by atoms with E-state index in [1.165, 1.54) is 12.8 Å². The van der Waals surface area contributed by atoms with E-state index in [0.29, 0.717) is 0 Å². The van der Waals surface area contributed by atoms with E-state index in [4.69, 9.17) is 0 Å². The van der Waals surface area contributed by atoms with Gasteiger partial charge in [-0.25, -0.2) is 0 Å². The minimum Gasteiger partial charge on any atom is -0.103 e. The first-order valence-electron chi connectivity index (χ1n) is 3.51. The lowest BCUT2D eigenvalue weighted by Crippen LogP contribution is -1.55. The van der Waals surface area contributed by atoms with E-state index in [0.717, 1.165) is 0 Å². The van der Waals surface area contributed by atoms with Gasteiger partial charge in [0, 0.05) is 0 Å². The SMILES string of the molecule is C/C=C/CCC.C=CC. The average Bonchev–Trinajstić information content (AvgIpc) is 1.86. The zero-order chi connectivity index (χ0) is 7.54. The molecule has 0 aromatic heterocycles. The summed E-state index contributed by atoms with van der Waals surface area (Å²) in [6.07, 6.45) is 8.52. The van der Waals surface area contributed by atoms with Crippen LogP contribution < -0.4 is 0 Å². The Morgan fingerprint density at radius 3 is 1.89 bits per heavy atom. The molecule has 0 aromatic carbocycles. The minimum absolute atomic E-state index is 1.23. The molecule has 0 saturated heterocycles. The third-order valence-corrected chi connectivity index (χ3v) is 0.691. The second kappa shape index (κ2) is 15.6. The molecule has 0 fully saturated rings. The van der Waals surface area contributed by atoms with Crippen LogP contribution in [-0.4, -0.2) is 0 Å². The topological polar surface area (TPSA) is 0 Å². The summed E-state index contributed by atoms with van der Waals surface area (Å²) in [5.74, 6) is 0. The first kappa shape index (κ1) is 11.3. The first-order valence-corrected chi connectivity index (χ1v) is 3.51. The molecule has 0 amide bonds. The quantitative estimate of drug-likeness (QED) is 0.496. The lowest BCUT2D eigenvalue weighted by Gasteiger charge is -1.76. The Morgan fingerprint density at radius 2 is 1.78 bits per heavy atom. The number of hydrogen-bond acceptors (Lipinski definition) is 0. The van der Waals surface area contributed by atoms with Gasteiger partial charge in [0.1, 0.15) is 0 Å². The molecular formula is C9H18. The first-order chi connectivity index (χ1) is 4.33. The van der Waals surface area contributed by atoms with E-state index in [1.807, 2.05) is 6.92 Å². The highest BCUT2D eigenvalue weighted by atomic mass is 13.7. The molecule has 0 radical (unpaired) electrons. The largest absolute Gasteiger partial charge is 0.103 e. The normalized spacial score (nSPS) is 8.33. The zero-order valence-electron chi connectivity index (χ0n) is 6.85. The van der Waals surface area contributed by atoms with E-state index in [9.17, 15) is 0 Å². The summed E-state index contributed by atoms with van der Waals surface area (Å²) >= 11 is 0. The van der Waals surface area contributed by atoms with Crippen molar-refractivity contribution in [2.75, 3.05) is 0 Å². The van der Waals surface area contributed by atoms with Crippen LogP contribution in [0.25, 0.3) is 0 Å². The molecule has 0 spiro atoms. The van der Waals surface area contributed by atoms with Crippen LogP contribution >= 0.6 is 0 Å². The lowest BCUT2D eigenvalue weighted by molar-refractivity contribution is 0.957. The summed E-state index contributed by atoms with van der Waals surface area (Å²) in [5, 5.41) is 0. The Bertz CT molecular complexity index is 60.4. The predicted octanol–water partition coefficient (Wildman–Crippen LogP) is 3.55. The van der Waals surface area contributed by atoms with Gasteiger partial charge in [0.15, 0.2) is 0 Å². The van der Waals surface area contributed by atoms with Crippen LogP contribution in [0.15, 0.2) is 24.8 Å². The molecule has 0 bridgehead atoms. The molecule has 0 nitrogen and oxygen atoms in total. The summed E-state index contributed by atoms with van der Waals surface area (Å²) in [7, 11) is 0. The van der Waals surface area contributed by atoms with Crippen LogP contribution in [0, 0.1) is 0 Å². The van der Waals surface area contributed by atoms with Crippen LogP contribution in [0.1, 0.15) is 33.6 Å². The average molecular weight is 126 g/mol. The standard InChI is InChI=1S/C6H12.C3H6/c1-3-5-6-4-2;1-3-2/h3,5H,4,6H2,1-2H3;3H,1H2,2H3/b5-3+;. The third kappa shape index (κ3) is 36.5. The highest BCUT2D eigenvalue weighted by molar-refractivity contribution is 4.75. The van der Waals surface area contributed by atoms with Gasteiger partial charge < -0.3 is 0 Å². The maximum atomic E-state index is 3.36. The molecule has 54 valence electrons. The van der Waals surface area contributed by atoms with Crippen LogP contribution in [0.2, 0.25) is 0 Å². The van der Waals surface area contributed by atoms with E-state index in [-0.39, 0.29) is 0 Å². The molecule has 0 heteroatoms. The Morgan fingerprint density at radius 1 is 1.33 bits per heavy atom. The van der Waals surface area contributed by atoms with Crippen molar-refractivity contribution in [2.24, 2.45) is 0 Å². The number of allylic oxidation sites excluding steroid dienone is 3. The second-order valence-electron chi connectivity index (χ2n) is 1.77. The van der Waals surface area contributed by atoms with Crippen molar-refractivity contribution in [2.45, 2.75) is 33.6 Å². The van der Waals surface area contributed by atoms with E-state index >= 15 is 0 Å².